The number of nitrogens with one attached hydrogen (secondary N) is 2. The molecule has 1 aliphatic heterocycles. The van der Waals surface area contributed by atoms with Gasteiger partial charge in [0.1, 0.15) is 5.82 Å². The highest BCUT2D eigenvalue weighted by Crippen LogP contribution is 2.34. The van der Waals surface area contributed by atoms with Crippen molar-refractivity contribution in [3.05, 3.63) is 53.1 Å². The fourth-order valence-electron chi connectivity index (χ4n) is 3.96. The van der Waals surface area contributed by atoms with Gasteiger partial charge in [0.2, 0.25) is 0 Å². The molecule has 0 spiro atoms. The highest BCUT2D eigenvalue weighted by atomic mass is 19.1. The number of hydrogen-bond acceptors (Lipinski definition) is 3. The Balaban J connectivity index is 1.54. The zero-order chi connectivity index (χ0) is 20.7. The maximum atomic E-state index is 13.8. The van der Waals surface area contributed by atoms with Crippen LogP contribution in [-0.2, 0) is 16.7 Å². The summed E-state index contributed by atoms with van der Waals surface area (Å²) in [7, 11) is 1.77. The molecule has 6 nitrogen and oxygen atoms in total. The fourth-order valence-corrected chi connectivity index (χ4v) is 3.96. The van der Waals surface area contributed by atoms with Crippen LogP contribution in [0.25, 0.3) is 0 Å². The third-order valence-electron chi connectivity index (χ3n) is 5.65. The molecule has 0 atom stereocenters. The molecule has 0 saturated carbocycles. The van der Waals surface area contributed by atoms with E-state index in [4.69, 9.17) is 4.74 Å². The van der Waals surface area contributed by atoms with Gasteiger partial charge in [-0.25, -0.2) is 4.39 Å². The lowest BCUT2D eigenvalue weighted by molar-refractivity contribution is 0.0513. The smallest absolute Gasteiger partial charge is 0.191 e. The predicted octanol–water partition coefficient (Wildman–Crippen LogP) is 2.94. The number of halogens is 1. The Morgan fingerprint density at radius 2 is 2.03 bits per heavy atom. The van der Waals surface area contributed by atoms with Gasteiger partial charge in [-0.05, 0) is 56.9 Å². The van der Waals surface area contributed by atoms with Crippen LogP contribution in [0.5, 0.6) is 0 Å². The first-order valence-electron chi connectivity index (χ1n) is 10.3. The monoisotopic (exact) mass is 401 g/mol. The molecule has 1 saturated heterocycles. The lowest BCUT2D eigenvalue weighted by Crippen LogP contribution is -2.48. The molecule has 0 radical (unpaired) electrons. The molecule has 2 N–H and O–H groups in total. The number of nitrogens with zero attached hydrogens (tertiary/aromatic N) is 3. The standard InChI is InChI=1S/C22H32FN5O/c1-17-14-18(2)28(27-17)11-5-10-25-21(24-3)26-16-22(8-12-29-13-9-22)19-6-4-7-20(23)15-19/h4,6-7,14-15H,5,8-13,16H2,1-3H3,(H2,24,25,26). The van der Waals surface area contributed by atoms with Crippen LogP contribution in [0, 0.1) is 19.7 Å². The lowest BCUT2D eigenvalue weighted by Gasteiger charge is -2.38. The molecule has 1 aliphatic rings. The van der Waals surface area contributed by atoms with Crippen LogP contribution in [0.4, 0.5) is 4.39 Å². The number of ether oxygens (including phenoxy) is 1. The molecule has 3 rings (SSSR count). The van der Waals surface area contributed by atoms with E-state index in [1.807, 2.05) is 17.7 Å². The molecule has 29 heavy (non-hydrogen) atoms. The van der Waals surface area contributed by atoms with Crippen molar-refractivity contribution in [1.82, 2.24) is 20.4 Å². The van der Waals surface area contributed by atoms with Crippen LogP contribution < -0.4 is 10.6 Å². The van der Waals surface area contributed by atoms with Crippen LogP contribution in [0.1, 0.15) is 36.2 Å². The van der Waals surface area contributed by atoms with Gasteiger partial charge < -0.3 is 15.4 Å². The Morgan fingerprint density at radius 1 is 1.24 bits per heavy atom. The lowest BCUT2D eigenvalue weighted by atomic mass is 9.74. The first-order chi connectivity index (χ1) is 14.0. The third-order valence-corrected chi connectivity index (χ3v) is 5.65. The van der Waals surface area contributed by atoms with Crippen molar-refractivity contribution < 1.29 is 9.13 Å². The minimum absolute atomic E-state index is 0.151. The van der Waals surface area contributed by atoms with E-state index in [9.17, 15) is 4.39 Å². The molecule has 1 aromatic carbocycles. The van der Waals surface area contributed by atoms with Crippen LogP contribution in [0.15, 0.2) is 35.3 Å². The van der Waals surface area contributed by atoms with Crippen LogP contribution in [0.2, 0.25) is 0 Å². The maximum Gasteiger partial charge on any atom is 0.191 e. The second-order valence-corrected chi connectivity index (χ2v) is 7.76. The number of hydrogen-bond donors (Lipinski definition) is 2. The molecular weight excluding hydrogens is 369 g/mol. The number of benzene rings is 1. The van der Waals surface area contributed by atoms with E-state index in [-0.39, 0.29) is 11.2 Å². The van der Waals surface area contributed by atoms with Gasteiger partial charge in [0, 0.05) is 51.0 Å². The van der Waals surface area contributed by atoms with Gasteiger partial charge in [0.25, 0.3) is 0 Å². The van der Waals surface area contributed by atoms with Gasteiger partial charge in [0.05, 0.1) is 5.69 Å². The summed E-state index contributed by atoms with van der Waals surface area (Å²) in [6.45, 7) is 7.82. The summed E-state index contributed by atoms with van der Waals surface area (Å²) in [6, 6.07) is 9.03. The van der Waals surface area contributed by atoms with Gasteiger partial charge in [-0.3, -0.25) is 9.67 Å². The quantitative estimate of drug-likeness (QED) is 0.425. The summed E-state index contributed by atoms with van der Waals surface area (Å²) < 4.78 is 21.4. The number of aryl methyl sites for hydroxylation is 3. The van der Waals surface area contributed by atoms with E-state index in [2.05, 4.69) is 33.7 Å². The summed E-state index contributed by atoms with van der Waals surface area (Å²) in [5, 5.41) is 11.3. The normalized spacial score (nSPS) is 16.6. The minimum Gasteiger partial charge on any atom is -0.381 e. The second kappa shape index (κ2) is 9.87. The Bertz CT molecular complexity index is 826. The molecule has 2 aromatic rings. The Morgan fingerprint density at radius 3 is 2.69 bits per heavy atom. The number of guanidine groups is 1. The van der Waals surface area contributed by atoms with E-state index in [0.717, 1.165) is 49.6 Å². The molecule has 0 unspecified atom stereocenters. The van der Waals surface area contributed by atoms with Gasteiger partial charge >= 0.3 is 0 Å². The number of rotatable bonds is 7. The number of aromatic nitrogens is 2. The molecule has 0 amide bonds. The highest BCUT2D eigenvalue weighted by Gasteiger charge is 2.34. The summed E-state index contributed by atoms with van der Waals surface area (Å²) in [5.41, 5.74) is 3.10. The Hall–Kier alpha value is -2.41. The van der Waals surface area contributed by atoms with Crippen molar-refractivity contribution >= 4 is 5.96 Å². The van der Waals surface area contributed by atoms with Crippen molar-refractivity contribution in [3.63, 3.8) is 0 Å². The molecule has 2 heterocycles. The van der Waals surface area contributed by atoms with Crippen molar-refractivity contribution in [2.75, 3.05) is 33.4 Å². The maximum absolute atomic E-state index is 13.8. The van der Waals surface area contributed by atoms with Crippen molar-refractivity contribution in [1.29, 1.82) is 0 Å². The SMILES string of the molecule is CN=C(NCCCn1nc(C)cc1C)NCC1(c2cccc(F)c2)CCOCC1. The van der Waals surface area contributed by atoms with Gasteiger partial charge in [-0.2, -0.15) is 5.10 Å². The zero-order valence-electron chi connectivity index (χ0n) is 17.7. The van der Waals surface area contributed by atoms with E-state index < -0.39 is 0 Å². The predicted molar refractivity (Wildman–Crippen MR) is 114 cm³/mol. The molecule has 0 aliphatic carbocycles. The summed E-state index contributed by atoms with van der Waals surface area (Å²) in [6.07, 6.45) is 2.67. The summed E-state index contributed by atoms with van der Waals surface area (Å²) in [4.78, 5) is 4.35. The van der Waals surface area contributed by atoms with Gasteiger partial charge in [-0.15, -0.1) is 0 Å². The van der Waals surface area contributed by atoms with E-state index >= 15 is 0 Å². The molecule has 7 heteroatoms. The van der Waals surface area contributed by atoms with Gasteiger partial charge in [-0.1, -0.05) is 12.1 Å². The van der Waals surface area contributed by atoms with Crippen molar-refractivity contribution in [2.45, 2.75) is 45.1 Å². The van der Waals surface area contributed by atoms with Crippen LogP contribution in [0.3, 0.4) is 0 Å². The fraction of sp³-hybridized carbons (Fsp3) is 0.545. The van der Waals surface area contributed by atoms with Gasteiger partial charge in [0.15, 0.2) is 5.96 Å². The third kappa shape index (κ3) is 5.56. The average molecular weight is 402 g/mol. The molecular formula is C22H32FN5O. The van der Waals surface area contributed by atoms with Crippen LogP contribution in [-0.4, -0.2) is 49.1 Å². The summed E-state index contributed by atoms with van der Waals surface area (Å²) >= 11 is 0. The van der Waals surface area contributed by atoms with Crippen molar-refractivity contribution in [2.24, 2.45) is 4.99 Å². The molecule has 1 aromatic heterocycles. The van der Waals surface area contributed by atoms with Crippen LogP contribution >= 0.6 is 0 Å². The molecule has 158 valence electrons. The number of aliphatic imine (C=N–C) groups is 1. The minimum atomic E-state index is -0.194. The van der Waals surface area contributed by atoms with Crippen molar-refractivity contribution in [3.8, 4) is 0 Å². The largest absolute Gasteiger partial charge is 0.381 e. The first kappa shape index (κ1) is 21.3. The topological polar surface area (TPSA) is 63.5 Å². The summed E-state index contributed by atoms with van der Waals surface area (Å²) in [5.74, 6) is 0.570. The second-order valence-electron chi connectivity index (χ2n) is 7.76. The Kier molecular flexibility index (Phi) is 7.25. The molecule has 0 bridgehead atoms. The van der Waals surface area contributed by atoms with E-state index in [0.29, 0.717) is 19.8 Å². The first-order valence-corrected chi connectivity index (χ1v) is 10.3. The van der Waals surface area contributed by atoms with E-state index in [1.165, 1.54) is 11.8 Å². The zero-order valence-corrected chi connectivity index (χ0v) is 17.7. The Labute approximate surface area is 172 Å². The average Bonchev–Trinajstić information content (AvgIpc) is 3.05. The van der Waals surface area contributed by atoms with E-state index in [1.54, 1.807) is 19.2 Å². The molecule has 1 fully saturated rings. The highest BCUT2D eigenvalue weighted by molar-refractivity contribution is 5.79.